The van der Waals surface area contributed by atoms with E-state index in [0.717, 1.165) is 0 Å². The average Bonchev–Trinajstić information content (AvgIpc) is 2.96. The average molecular weight is 305 g/mol. The second-order valence-electron chi connectivity index (χ2n) is 4.31. The lowest BCUT2D eigenvalue weighted by molar-refractivity contribution is -0.144. The fourth-order valence-corrected chi connectivity index (χ4v) is 1.61. The maximum Gasteiger partial charge on any atom is 0.325 e. The van der Waals surface area contributed by atoms with Crippen LogP contribution >= 0.6 is 0 Å². The summed E-state index contributed by atoms with van der Waals surface area (Å²) in [4.78, 5) is 27.3. The Hall–Kier alpha value is -2.90. The summed E-state index contributed by atoms with van der Waals surface area (Å²) >= 11 is 0. The van der Waals surface area contributed by atoms with Crippen LogP contribution in [0.25, 0.3) is 0 Å². The van der Waals surface area contributed by atoms with Crippen LogP contribution in [0.5, 0.6) is 5.75 Å². The summed E-state index contributed by atoms with van der Waals surface area (Å²) in [5, 5.41) is 6.02. The first-order valence-electron chi connectivity index (χ1n) is 6.45. The number of carbonyl (C=O) groups is 2. The first-order valence-corrected chi connectivity index (χ1v) is 6.45. The van der Waals surface area contributed by atoms with E-state index in [0.29, 0.717) is 17.1 Å². The van der Waals surface area contributed by atoms with Crippen LogP contribution in [-0.4, -0.2) is 35.7 Å². The standard InChI is InChI=1S/C14H15N3O5/c1-9-16-12(22-17-9)8-21-13(18)7-15-14(19)10-4-3-5-11(6-10)20-2/h3-6H,7-8H2,1-2H3,(H,15,19). The Kier molecular flexibility index (Phi) is 5.07. The summed E-state index contributed by atoms with van der Waals surface area (Å²) in [6.45, 7) is 1.26. The number of ether oxygens (including phenoxy) is 2. The monoisotopic (exact) mass is 305 g/mol. The first-order chi connectivity index (χ1) is 10.6. The molecule has 0 aliphatic rings. The molecule has 8 heteroatoms. The third kappa shape index (κ3) is 4.30. The summed E-state index contributed by atoms with van der Waals surface area (Å²) in [6, 6.07) is 6.59. The van der Waals surface area contributed by atoms with Gasteiger partial charge in [-0.25, -0.2) is 0 Å². The molecule has 0 spiro atoms. The van der Waals surface area contributed by atoms with Crippen molar-refractivity contribution in [3.05, 3.63) is 41.5 Å². The SMILES string of the molecule is COc1cccc(C(=O)NCC(=O)OCc2nc(C)no2)c1. The number of hydrogen-bond acceptors (Lipinski definition) is 7. The smallest absolute Gasteiger partial charge is 0.325 e. The second kappa shape index (κ2) is 7.21. The third-order valence-corrected chi connectivity index (χ3v) is 2.65. The Balaban J connectivity index is 1.78. The Bertz CT molecular complexity index is 668. The zero-order valence-corrected chi connectivity index (χ0v) is 12.2. The van der Waals surface area contributed by atoms with Crippen LogP contribution in [0, 0.1) is 6.92 Å². The van der Waals surface area contributed by atoms with Crippen molar-refractivity contribution in [2.45, 2.75) is 13.5 Å². The molecule has 0 fully saturated rings. The minimum atomic E-state index is -0.605. The molecule has 0 unspecified atom stereocenters. The molecule has 0 aliphatic carbocycles. The molecule has 1 aromatic carbocycles. The number of aryl methyl sites for hydroxylation is 1. The van der Waals surface area contributed by atoms with E-state index < -0.39 is 11.9 Å². The highest BCUT2D eigenvalue weighted by Gasteiger charge is 2.11. The van der Waals surface area contributed by atoms with Crippen molar-refractivity contribution >= 4 is 11.9 Å². The molecular weight excluding hydrogens is 290 g/mol. The van der Waals surface area contributed by atoms with Crippen molar-refractivity contribution < 1.29 is 23.6 Å². The predicted molar refractivity (Wildman–Crippen MR) is 74.2 cm³/mol. The van der Waals surface area contributed by atoms with Crippen LogP contribution in [0.4, 0.5) is 0 Å². The van der Waals surface area contributed by atoms with Gasteiger partial charge in [0.2, 0.25) is 0 Å². The van der Waals surface area contributed by atoms with Crippen LogP contribution in [-0.2, 0) is 16.1 Å². The van der Waals surface area contributed by atoms with Crippen molar-refractivity contribution in [1.29, 1.82) is 0 Å². The van der Waals surface area contributed by atoms with Gasteiger partial charge in [0.25, 0.3) is 11.8 Å². The Morgan fingerprint density at radius 1 is 1.36 bits per heavy atom. The maximum absolute atomic E-state index is 11.9. The van der Waals surface area contributed by atoms with E-state index in [-0.39, 0.29) is 19.0 Å². The summed E-state index contributed by atoms with van der Waals surface area (Å²) < 4.78 is 14.7. The summed E-state index contributed by atoms with van der Waals surface area (Å²) in [7, 11) is 1.51. The number of nitrogens with one attached hydrogen (secondary N) is 1. The highest BCUT2D eigenvalue weighted by molar-refractivity contribution is 5.96. The minimum Gasteiger partial charge on any atom is -0.497 e. The van der Waals surface area contributed by atoms with Crippen molar-refractivity contribution in [2.75, 3.05) is 13.7 Å². The lowest BCUT2D eigenvalue weighted by Gasteiger charge is -2.06. The first kappa shape index (κ1) is 15.5. The van der Waals surface area contributed by atoms with E-state index in [1.807, 2.05) is 0 Å². The molecule has 0 saturated heterocycles. The fourth-order valence-electron chi connectivity index (χ4n) is 1.61. The molecule has 0 radical (unpaired) electrons. The van der Waals surface area contributed by atoms with Gasteiger partial charge in [-0.2, -0.15) is 4.98 Å². The summed E-state index contributed by atoms with van der Waals surface area (Å²) in [6.07, 6.45) is 0. The minimum absolute atomic E-state index is 0.130. The van der Waals surface area contributed by atoms with Crippen molar-refractivity contribution in [3.63, 3.8) is 0 Å². The number of benzene rings is 1. The fraction of sp³-hybridized carbons (Fsp3) is 0.286. The molecule has 2 rings (SSSR count). The number of rotatable bonds is 6. The molecule has 1 amide bonds. The Labute approximate surface area is 126 Å². The molecular formula is C14H15N3O5. The van der Waals surface area contributed by atoms with Gasteiger partial charge in [-0.1, -0.05) is 11.2 Å². The van der Waals surface area contributed by atoms with Crippen LogP contribution in [0.1, 0.15) is 22.1 Å². The van der Waals surface area contributed by atoms with Crippen molar-refractivity contribution in [1.82, 2.24) is 15.5 Å². The lowest BCUT2D eigenvalue weighted by atomic mass is 10.2. The molecule has 0 bridgehead atoms. The van der Waals surface area contributed by atoms with Crippen LogP contribution < -0.4 is 10.1 Å². The number of aromatic nitrogens is 2. The van der Waals surface area contributed by atoms with Gasteiger partial charge < -0.3 is 19.3 Å². The highest BCUT2D eigenvalue weighted by atomic mass is 16.6. The van der Waals surface area contributed by atoms with E-state index in [9.17, 15) is 9.59 Å². The number of methoxy groups -OCH3 is 1. The molecule has 0 atom stereocenters. The summed E-state index contributed by atoms with van der Waals surface area (Å²) in [5.41, 5.74) is 0.389. The van der Waals surface area contributed by atoms with Gasteiger partial charge in [0.15, 0.2) is 12.4 Å². The molecule has 116 valence electrons. The maximum atomic E-state index is 11.9. The Morgan fingerprint density at radius 3 is 2.86 bits per heavy atom. The van der Waals surface area contributed by atoms with E-state index >= 15 is 0 Å². The normalized spacial score (nSPS) is 10.1. The number of esters is 1. The molecule has 0 saturated carbocycles. The van der Waals surface area contributed by atoms with E-state index in [1.165, 1.54) is 7.11 Å². The van der Waals surface area contributed by atoms with Crippen molar-refractivity contribution in [2.24, 2.45) is 0 Å². The number of nitrogens with zero attached hydrogens (tertiary/aromatic N) is 2. The van der Waals surface area contributed by atoms with Crippen LogP contribution in [0.15, 0.2) is 28.8 Å². The predicted octanol–water partition coefficient (Wildman–Crippen LogP) is 0.860. The number of amides is 1. The highest BCUT2D eigenvalue weighted by Crippen LogP contribution is 2.12. The quantitative estimate of drug-likeness (QED) is 0.789. The number of carbonyl (C=O) groups excluding carboxylic acids is 2. The zero-order chi connectivity index (χ0) is 15.9. The molecule has 1 heterocycles. The zero-order valence-electron chi connectivity index (χ0n) is 12.2. The van der Waals surface area contributed by atoms with E-state index in [4.69, 9.17) is 14.0 Å². The molecule has 22 heavy (non-hydrogen) atoms. The van der Waals surface area contributed by atoms with E-state index in [1.54, 1.807) is 31.2 Å². The molecule has 0 aliphatic heterocycles. The lowest BCUT2D eigenvalue weighted by Crippen LogP contribution is -2.30. The van der Waals surface area contributed by atoms with E-state index in [2.05, 4.69) is 15.5 Å². The van der Waals surface area contributed by atoms with Gasteiger partial charge in [-0.05, 0) is 25.1 Å². The van der Waals surface area contributed by atoms with Crippen LogP contribution in [0.2, 0.25) is 0 Å². The Morgan fingerprint density at radius 2 is 2.18 bits per heavy atom. The molecule has 1 aromatic heterocycles. The largest absolute Gasteiger partial charge is 0.497 e. The second-order valence-corrected chi connectivity index (χ2v) is 4.31. The van der Waals surface area contributed by atoms with Gasteiger partial charge in [-0.15, -0.1) is 0 Å². The van der Waals surface area contributed by atoms with Gasteiger partial charge in [0.1, 0.15) is 12.3 Å². The molecule has 8 nitrogen and oxygen atoms in total. The summed E-state index contributed by atoms with van der Waals surface area (Å²) in [5.74, 6) is 0.209. The number of hydrogen-bond donors (Lipinski definition) is 1. The molecule has 2 aromatic rings. The van der Waals surface area contributed by atoms with Gasteiger partial charge >= 0.3 is 5.97 Å². The van der Waals surface area contributed by atoms with Crippen LogP contribution in [0.3, 0.4) is 0 Å². The van der Waals surface area contributed by atoms with Crippen molar-refractivity contribution in [3.8, 4) is 5.75 Å². The topological polar surface area (TPSA) is 104 Å². The van der Waals surface area contributed by atoms with Gasteiger partial charge in [0, 0.05) is 5.56 Å². The third-order valence-electron chi connectivity index (χ3n) is 2.65. The van der Waals surface area contributed by atoms with Gasteiger partial charge in [-0.3, -0.25) is 9.59 Å². The molecule has 1 N–H and O–H groups in total. The van der Waals surface area contributed by atoms with Gasteiger partial charge in [0.05, 0.1) is 7.11 Å².